The van der Waals surface area contributed by atoms with Gasteiger partial charge in [0.1, 0.15) is 5.75 Å². The predicted octanol–water partition coefficient (Wildman–Crippen LogP) is 2.56. The number of carbonyl (C=O) groups is 1. The summed E-state index contributed by atoms with van der Waals surface area (Å²) in [5, 5.41) is 7.09. The van der Waals surface area contributed by atoms with Gasteiger partial charge in [0, 0.05) is 13.2 Å². The molecule has 5 nitrogen and oxygen atoms in total. The Bertz CT molecular complexity index is 602. The normalized spacial score (nSPS) is 12.2. The van der Waals surface area contributed by atoms with E-state index < -0.39 is 0 Å². The average Bonchev–Trinajstić information content (AvgIpc) is 2.91. The van der Waals surface area contributed by atoms with E-state index in [1.165, 1.54) is 0 Å². The quantitative estimate of drug-likeness (QED) is 0.919. The Kier molecular flexibility index (Phi) is 4.62. The van der Waals surface area contributed by atoms with Gasteiger partial charge in [0.05, 0.1) is 24.9 Å². The lowest BCUT2D eigenvalue weighted by atomic mass is 9.95. The lowest BCUT2D eigenvalue weighted by molar-refractivity contribution is 0.0925. The third-order valence-electron chi connectivity index (χ3n) is 3.40. The zero-order chi connectivity index (χ0) is 15.4. The van der Waals surface area contributed by atoms with Crippen LogP contribution in [-0.4, -0.2) is 22.8 Å². The highest BCUT2D eigenvalue weighted by atomic mass is 16.5. The Hall–Kier alpha value is -2.30. The molecule has 1 aromatic heterocycles. The van der Waals surface area contributed by atoms with Gasteiger partial charge in [-0.05, 0) is 23.6 Å². The maximum absolute atomic E-state index is 12.3. The molecule has 0 bridgehead atoms. The lowest BCUT2D eigenvalue weighted by Crippen LogP contribution is -2.31. The number of aromatic nitrogens is 2. The predicted molar refractivity (Wildman–Crippen MR) is 81.2 cm³/mol. The highest BCUT2D eigenvalue weighted by Gasteiger charge is 2.19. The maximum atomic E-state index is 12.3. The molecule has 1 unspecified atom stereocenters. The first-order valence-electron chi connectivity index (χ1n) is 6.94. The zero-order valence-electron chi connectivity index (χ0n) is 12.8. The topological polar surface area (TPSA) is 56.1 Å². The van der Waals surface area contributed by atoms with Crippen molar-refractivity contribution in [2.24, 2.45) is 13.0 Å². The highest BCUT2D eigenvalue weighted by molar-refractivity contribution is 5.93. The van der Waals surface area contributed by atoms with E-state index in [2.05, 4.69) is 24.3 Å². The molecule has 1 aromatic carbocycles. The lowest BCUT2D eigenvalue weighted by Gasteiger charge is -2.23. The summed E-state index contributed by atoms with van der Waals surface area (Å²) >= 11 is 0. The number of ether oxygens (including phenoxy) is 1. The number of amides is 1. The molecule has 1 amide bonds. The van der Waals surface area contributed by atoms with Crippen LogP contribution in [0.5, 0.6) is 5.75 Å². The molecule has 0 saturated carbocycles. The van der Waals surface area contributed by atoms with Crippen molar-refractivity contribution in [3.05, 3.63) is 47.8 Å². The molecule has 0 spiro atoms. The van der Waals surface area contributed by atoms with Crippen LogP contribution in [0.25, 0.3) is 0 Å². The van der Waals surface area contributed by atoms with Gasteiger partial charge in [-0.2, -0.15) is 5.10 Å². The molecule has 0 radical (unpaired) electrons. The first-order valence-corrected chi connectivity index (χ1v) is 6.94. The molecule has 0 saturated heterocycles. The van der Waals surface area contributed by atoms with Crippen LogP contribution in [0.4, 0.5) is 0 Å². The largest absolute Gasteiger partial charge is 0.497 e. The second-order valence-corrected chi connectivity index (χ2v) is 5.37. The number of aryl methyl sites for hydroxylation is 1. The molecule has 21 heavy (non-hydrogen) atoms. The van der Waals surface area contributed by atoms with E-state index in [0.717, 1.165) is 11.3 Å². The number of nitrogens with one attached hydrogen (secondary N) is 1. The van der Waals surface area contributed by atoms with Gasteiger partial charge in [-0.1, -0.05) is 26.0 Å². The summed E-state index contributed by atoms with van der Waals surface area (Å²) in [5.41, 5.74) is 1.62. The number of rotatable bonds is 5. The van der Waals surface area contributed by atoms with Crippen molar-refractivity contribution in [1.29, 1.82) is 0 Å². The second-order valence-electron chi connectivity index (χ2n) is 5.37. The Morgan fingerprint density at radius 2 is 1.95 bits per heavy atom. The highest BCUT2D eigenvalue weighted by Crippen LogP contribution is 2.24. The molecule has 2 aromatic rings. The van der Waals surface area contributed by atoms with Gasteiger partial charge in [-0.15, -0.1) is 0 Å². The van der Waals surface area contributed by atoms with E-state index in [1.807, 2.05) is 24.3 Å². The summed E-state index contributed by atoms with van der Waals surface area (Å²) in [6.45, 7) is 4.16. The minimum atomic E-state index is -0.113. The average molecular weight is 287 g/mol. The zero-order valence-corrected chi connectivity index (χ0v) is 12.8. The molecule has 1 heterocycles. The van der Waals surface area contributed by atoms with E-state index in [9.17, 15) is 4.79 Å². The van der Waals surface area contributed by atoms with Crippen LogP contribution >= 0.6 is 0 Å². The van der Waals surface area contributed by atoms with Crippen LogP contribution in [0.1, 0.15) is 35.8 Å². The van der Waals surface area contributed by atoms with Crippen LogP contribution in [0.2, 0.25) is 0 Å². The van der Waals surface area contributed by atoms with Crippen molar-refractivity contribution >= 4 is 5.91 Å². The molecule has 1 N–H and O–H groups in total. The fourth-order valence-electron chi connectivity index (χ4n) is 2.21. The van der Waals surface area contributed by atoms with Crippen molar-refractivity contribution in [3.63, 3.8) is 0 Å². The first-order chi connectivity index (χ1) is 10.0. The number of methoxy groups -OCH3 is 1. The van der Waals surface area contributed by atoms with Gasteiger partial charge < -0.3 is 10.1 Å². The van der Waals surface area contributed by atoms with Gasteiger partial charge in [0.25, 0.3) is 5.91 Å². The molecule has 0 fully saturated rings. The molecule has 0 aliphatic rings. The van der Waals surface area contributed by atoms with E-state index in [-0.39, 0.29) is 17.9 Å². The summed E-state index contributed by atoms with van der Waals surface area (Å²) in [6, 6.07) is 7.71. The number of carbonyl (C=O) groups excluding carboxylic acids is 1. The monoisotopic (exact) mass is 287 g/mol. The van der Waals surface area contributed by atoms with E-state index in [0.29, 0.717) is 5.56 Å². The SMILES string of the molecule is COc1ccc(C(NC(=O)c2cnn(C)c2)C(C)C)cc1. The van der Waals surface area contributed by atoms with Crippen molar-refractivity contribution < 1.29 is 9.53 Å². The summed E-state index contributed by atoms with van der Waals surface area (Å²) in [7, 11) is 3.43. The number of hydrogen-bond acceptors (Lipinski definition) is 3. The Morgan fingerprint density at radius 1 is 1.29 bits per heavy atom. The number of hydrogen-bond donors (Lipinski definition) is 1. The number of benzene rings is 1. The molecule has 2 rings (SSSR count). The van der Waals surface area contributed by atoms with Crippen LogP contribution in [0.3, 0.4) is 0 Å². The summed E-state index contributed by atoms with van der Waals surface area (Å²) < 4.78 is 6.78. The van der Waals surface area contributed by atoms with Crippen LogP contribution in [-0.2, 0) is 7.05 Å². The van der Waals surface area contributed by atoms with Crippen molar-refractivity contribution in [3.8, 4) is 5.75 Å². The van der Waals surface area contributed by atoms with E-state index in [1.54, 1.807) is 31.2 Å². The molecule has 0 aliphatic heterocycles. The first kappa shape index (κ1) is 15.1. The van der Waals surface area contributed by atoms with Crippen molar-refractivity contribution in [1.82, 2.24) is 15.1 Å². The fourth-order valence-corrected chi connectivity index (χ4v) is 2.21. The van der Waals surface area contributed by atoms with Crippen LogP contribution in [0.15, 0.2) is 36.7 Å². The van der Waals surface area contributed by atoms with Gasteiger partial charge in [-0.25, -0.2) is 0 Å². The fraction of sp³-hybridized carbons (Fsp3) is 0.375. The van der Waals surface area contributed by atoms with Crippen molar-refractivity contribution in [2.75, 3.05) is 7.11 Å². The summed E-state index contributed by atoms with van der Waals surface area (Å²) in [5.74, 6) is 0.969. The maximum Gasteiger partial charge on any atom is 0.254 e. The van der Waals surface area contributed by atoms with Crippen LogP contribution in [0, 0.1) is 5.92 Å². The van der Waals surface area contributed by atoms with Crippen molar-refractivity contribution in [2.45, 2.75) is 19.9 Å². The Morgan fingerprint density at radius 3 is 2.43 bits per heavy atom. The minimum absolute atomic E-state index is 0.0522. The second kappa shape index (κ2) is 6.43. The molecule has 112 valence electrons. The third kappa shape index (κ3) is 3.62. The standard InChI is InChI=1S/C16H21N3O2/c1-11(2)15(12-5-7-14(21-4)8-6-12)18-16(20)13-9-17-19(3)10-13/h5-11,15H,1-4H3,(H,18,20). The van der Waals surface area contributed by atoms with Gasteiger partial charge in [0.15, 0.2) is 0 Å². The Balaban J connectivity index is 2.16. The van der Waals surface area contributed by atoms with E-state index in [4.69, 9.17) is 4.74 Å². The molecule has 5 heteroatoms. The molecular weight excluding hydrogens is 266 g/mol. The minimum Gasteiger partial charge on any atom is -0.497 e. The van der Waals surface area contributed by atoms with Gasteiger partial charge in [0.2, 0.25) is 0 Å². The Labute approximate surface area is 124 Å². The van der Waals surface area contributed by atoms with Crippen LogP contribution < -0.4 is 10.1 Å². The summed E-state index contributed by atoms with van der Waals surface area (Å²) in [4.78, 5) is 12.3. The summed E-state index contributed by atoms with van der Waals surface area (Å²) in [6.07, 6.45) is 3.28. The molecule has 0 aliphatic carbocycles. The third-order valence-corrected chi connectivity index (χ3v) is 3.40. The molecular formula is C16H21N3O2. The number of nitrogens with zero attached hydrogens (tertiary/aromatic N) is 2. The van der Waals surface area contributed by atoms with Gasteiger partial charge in [-0.3, -0.25) is 9.48 Å². The van der Waals surface area contributed by atoms with Gasteiger partial charge >= 0.3 is 0 Å². The molecule has 1 atom stereocenters. The van der Waals surface area contributed by atoms with E-state index >= 15 is 0 Å². The smallest absolute Gasteiger partial charge is 0.254 e.